The van der Waals surface area contributed by atoms with Crippen molar-refractivity contribution in [2.75, 3.05) is 13.3 Å². The van der Waals surface area contributed by atoms with Crippen molar-refractivity contribution >= 4 is 5.91 Å². The van der Waals surface area contributed by atoms with Gasteiger partial charge in [-0.15, -0.1) is 10.2 Å². The molecule has 0 bridgehead atoms. The van der Waals surface area contributed by atoms with E-state index < -0.39 is 0 Å². The highest BCUT2D eigenvalue weighted by Crippen LogP contribution is 2.32. The van der Waals surface area contributed by atoms with E-state index in [-0.39, 0.29) is 19.2 Å². The molecule has 0 spiro atoms. The van der Waals surface area contributed by atoms with Crippen molar-refractivity contribution in [2.24, 2.45) is 0 Å². The minimum absolute atomic E-state index is 0.0401. The molecule has 8 heteroatoms. The predicted molar refractivity (Wildman–Crippen MR) is 106 cm³/mol. The number of nitrogens with zero attached hydrogens (tertiary/aromatic N) is 5. The fourth-order valence-electron chi connectivity index (χ4n) is 3.17. The van der Waals surface area contributed by atoms with Gasteiger partial charge in [0.05, 0.1) is 0 Å². The third-order valence-corrected chi connectivity index (χ3v) is 4.89. The standard InChI is InChI=1S/C21H23N5O3/c1-3-15-5-8-17(9-6-15)21-22-24-26(23-21)13-20(27)25(4-2)12-16-7-10-18-19(11-16)29-14-28-18/h5-11H,3-4,12-14H2,1-2H3. The number of rotatable bonds is 7. The van der Waals surface area contributed by atoms with Gasteiger partial charge in [-0.25, -0.2) is 0 Å². The van der Waals surface area contributed by atoms with Crippen LogP contribution in [-0.4, -0.2) is 44.4 Å². The second-order valence-corrected chi connectivity index (χ2v) is 6.79. The van der Waals surface area contributed by atoms with Crippen molar-refractivity contribution in [3.8, 4) is 22.9 Å². The predicted octanol–water partition coefficient (Wildman–Crippen LogP) is 2.68. The number of carbonyl (C=O) groups is 1. The molecular weight excluding hydrogens is 370 g/mol. The number of fused-ring (bicyclic) bond motifs is 1. The van der Waals surface area contributed by atoms with Crippen LogP contribution < -0.4 is 9.47 Å². The number of hydrogen-bond acceptors (Lipinski definition) is 6. The van der Waals surface area contributed by atoms with Crippen LogP contribution in [0.3, 0.4) is 0 Å². The second-order valence-electron chi connectivity index (χ2n) is 6.79. The molecule has 1 aromatic heterocycles. The van der Waals surface area contributed by atoms with Gasteiger partial charge in [-0.3, -0.25) is 4.79 Å². The Kier molecular flexibility index (Phi) is 5.41. The van der Waals surface area contributed by atoms with E-state index in [0.29, 0.717) is 24.7 Å². The number of ether oxygens (including phenoxy) is 2. The van der Waals surface area contributed by atoms with Crippen LogP contribution in [0.25, 0.3) is 11.4 Å². The molecule has 0 N–H and O–H groups in total. The van der Waals surface area contributed by atoms with E-state index in [9.17, 15) is 4.79 Å². The van der Waals surface area contributed by atoms with Gasteiger partial charge in [-0.05, 0) is 41.8 Å². The van der Waals surface area contributed by atoms with Crippen molar-refractivity contribution < 1.29 is 14.3 Å². The Morgan fingerprint density at radius 1 is 1.07 bits per heavy atom. The molecule has 0 unspecified atom stereocenters. The molecule has 29 heavy (non-hydrogen) atoms. The maximum atomic E-state index is 12.8. The van der Waals surface area contributed by atoms with Gasteiger partial charge in [0.25, 0.3) is 0 Å². The fourth-order valence-corrected chi connectivity index (χ4v) is 3.17. The van der Waals surface area contributed by atoms with E-state index in [0.717, 1.165) is 23.3 Å². The highest BCUT2D eigenvalue weighted by atomic mass is 16.7. The first-order chi connectivity index (χ1) is 14.2. The first kappa shape index (κ1) is 18.9. The first-order valence-electron chi connectivity index (χ1n) is 9.69. The highest BCUT2D eigenvalue weighted by Gasteiger charge is 2.18. The van der Waals surface area contributed by atoms with Gasteiger partial charge in [0, 0.05) is 18.7 Å². The average molecular weight is 393 g/mol. The summed E-state index contributed by atoms with van der Waals surface area (Å²) in [7, 11) is 0. The lowest BCUT2D eigenvalue weighted by molar-refractivity contribution is -0.132. The van der Waals surface area contributed by atoms with Gasteiger partial charge in [0.15, 0.2) is 11.5 Å². The summed E-state index contributed by atoms with van der Waals surface area (Å²) in [4.78, 5) is 15.8. The van der Waals surface area contributed by atoms with E-state index in [1.165, 1.54) is 10.4 Å². The van der Waals surface area contributed by atoms with Crippen LogP contribution in [0.1, 0.15) is 25.0 Å². The Hall–Kier alpha value is -3.42. The van der Waals surface area contributed by atoms with Crippen molar-refractivity contribution in [1.82, 2.24) is 25.1 Å². The summed E-state index contributed by atoms with van der Waals surface area (Å²) in [6.07, 6.45) is 0.977. The van der Waals surface area contributed by atoms with Crippen molar-refractivity contribution in [2.45, 2.75) is 33.4 Å². The molecule has 4 rings (SSSR count). The zero-order chi connectivity index (χ0) is 20.2. The number of carbonyl (C=O) groups excluding carboxylic acids is 1. The van der Waals surface area contributed by atoms with Gasteiger partial charge >= 0.3 is 0 Å². The second kappa shape index (κ2) is 8.30. The number of aryl methyl sites for hydroxylation is 1. The van der Waals surface area contributed by atoms with Gasteiger partial charge in [0.2, 0.25) is 18.5 Å². The molecule has 2 aromatic carbocycles. The summed E-state index contributed by atoms with van der Waals surface area (Å²) < 4.78 is 10.7. The SMILES string of the molecule is CCc1ccc(-c2nnn(CC(=O)N(CC)Cc3ccc4c(c3)OCO4)n2)cc1. The lowest BCUT2D eigenvalue weighted by Crippen LogP contribution is -2.33. The van der Waals surface area contributed by atoms with Crippen molar-refractivity contribution in [3.63, 3.8) is 0 Å². The Labute approximate surface area is 169 Å². The smallest absolute Gasteiger partial charge is 0.246 e. The molecule has 1 aliphatic rings. The van der Waals surface area contributed by atoms with Crippen molar-refractivity contribution in [1.29, 1.82) is 0 Å². The largest absolute Gasteiger partial charge is 0.454 e. The molecule has 0 fully saturated rings. The Bertz CT molecular complexity index is 1000. The maximum Gasteiger partial charge on any atom is 0.246 e. The number of aromatic nitrogens is 4. The first-order valence-corrected chi connectivity index (χ1v) is 9.69. The molecule has 1 amide bonds. The zero-order valence-electron chi connectivity index (χ0n) is 16.5. The van der Waals surface area contributed by atoms with Crippen LogP contribution in [-0.2, 0) is 24.3 Å². The average Bonchev–Trinajstić information content (AvgIpc) is 3.41. The minimum Gasteiger partial charge on any atom is -0.454 e. The molecule has 1 aliphatic heterocycles. The van der Waals surface area contributed by atoms with Crippen LogP contribution in [0.15, 0.2) is 42.5 Å². The molecule has 0 radical (unpaired) electrons. The maximum absolute atomic E-state index is 12.8. The minimum atomic E-state index is -0.0737. The van der Waals surface area contributed by atoms with Crippen LogP contribution in [0, 0.1) is 0 Å². The monoisotopic (exact) mass is 393 g/mol. The molecular formula is C21H23N5O3. The highest BCUT2D eigenvalue weighted by molar-refractivity contribution is 5.75. The lowest BCUT2D eigenvalue weighted by Gasteiger charge is -2.20. The van der Waals surface area contributed by atoms with Crippen LogP contribution in [0.2, 0.25) is 0 Å². The Balaban J connectivity index is 1.41. The molecule has 8 nitrogen and oxygen atoms in total. The summed E-state index contributed by atoms with van der Waals surface area (Å²) in [5, 5.41) is 12.5. The number of amides is 1. The Morgan fingerprint density at radius 2 is 1.83 bits per heavy atom. The number of tetrazole rings is 1. The Morgan fingerprint density at radius 3 is 2.59 bits per heavy atom. The number of hydrogen-bond donors (Lipinski definition) is 0. The van der Waals surface area contributed by atoms with Gasteiger partial charge in [0.1, 0.15) is 6.54 Å². The summed E-state index contributed by atoms with van der Waals surface area (Å²) in [5.74, 6) is 1.88. The molecule has 0 atom stereocenters. The summed E-state index contributed by atoms with van der Waals surface area (Å²) >= 11 is 0. The molecule has 2 heterocycles. The van der Waals surface area contributed by atoms with Crippen LogP contribution in [0.4, 0.5) is 0 Å². The van der Waals surface area contributed by atoms with Crippen LogP contribution in [0.5, 0.6) is 11.5 Å². The van der Waals surface area contributed by atoms with Gasteiger partial charge in [-0.1, -0.05) is 37.3 Å². The normalized spacial score (nSPS) is 12.2. The number of benzene rings is 2. The molecule has 0 aliphatic carbocycles. The lowest BCUT2D eigenvalue weighted by atomic mass is 10.1. The topological polar surface area (TPSA) is 82.4 Å². The van der Waals surface area contributed by atoms with Crippen molar-refractivity contribution in [3.05, 3.63) is 53.6 Å². The summed E-state index contributed by atoms with van der Waals surface area (Å²) in [6.45, 7) is 5.38. The van der Waals surface area contributed by atoms with Gasteiger partial charge in [-0.2, -0.15) is 4.80 Å². The molecule has 0 saturated carbocycles. The summed E-state index contributed by atoms with van der Waals surface area (Å²) in [5.41, 5.74) is 3.11. The number of likely N-dealkylation sites (N-methyl/N-ethyl adjacent to an activating group) is 1. The van der Waals surface area contributed by atoms with E-state index in [1.807, 2.05) is 49.4 Å². The summed E-state index contributed by atoms with van der Waals surface area (Å²) in [6, 6.07) is 13.8. The van der Waals surface area contributed by atoms with E-state index in [1.54, 1.807) is 4.90 Å². The molecule has 0 saturated heterocycles. The van der Waals surface area contributed by atoms with Gasteiger partial charge < -0.3 is 14.4 Å². The third kappa shape index (κ3) is 4.21. The quantitative estimate of drug-likeness (QED) is 0.614. The van der Waals surface area contributed by atoms with E-state index >= 15 is 0 Å². The molecule has 150 valence electrons. The fraction of sp³-hybridized carbons (Fsp3) is 0.333. The third-order valence-electron chi connectivity index (χ3n) is 4.89. The zero-order valence-corrected chi connectivity index (χ0v) is 16.5. The van der Waals surface area contributed by atoms with Crippen LogP contribution >= 0.6 is 0 Å². The van der Waals surface area contributed by atoms with E-state index in [4.69, 9.17) is 9.47 Å². The van der Waals surface area contributed by atoms with E-state index in [2.05, 4.69) is 22.3 Å². The molecule has 3 aromatic rings.